The third-order valence-electron chi connectivity index (χ3n) is 1.44. The summed E-state index contributed by atoms with van der Waals surface area (Å²) in [6, 6.07) is 4.78. The highest BCUT2D eigenvalue weighted by molar-refractivity contribution is 5.85. The fourth-order valence-corrected chi connectivity index (χ4v) is 0.922. The first kappa shape index (κ1) is 8.74. The molecule has 0 fully saturated rings. The predicted octanol–water partition coefficient (Wildman–Crippen LogP) is 1.61. The number of fused-ring (bicyclic) bond motifs is 1. The molecule has 0 N–H and O–H groups in total. The molecule has 0 radical (unpaired) electrons. The molecule has 3 nitrogen and oxygen atoms in total. The van der Waals surface area contributed by atoms with E-state index in [1.165, 1.54) is 12.3 Å². The second-order valence-corrected chi connectivity index (χ2v) is 2.14. The van der Waals surface area contributed by atoms with Crippen LogP contribution in [-0.4, -0.2) is 4.98 Å². The van der Waals surface area contributed by atoms with Gasteiger partial charge in [-0.15, -0.1) is 12.4 Å². The molecule has 62 valence electrons. The highest BCUT2D eigenvalue weighted by atomic mass is 35.5. The van der Waals surface area contributed by atoms with Crippen LogP contribution in [0.3, 0.4) is 0 Å². The van der Waals surface area contributed by atoms with Gasteiger partial charge in [0, 0.05) is 12.3 Å². The SMILES string of the molecule is Cl.O=c1ccoc2ncccc12. The van der Waals surface area contributed by atoms with Crippen LogP contribution in [0.1, 0.15) is 0 Å². The van der Waals surface area contributed by atoms with Gasteiger partial charge in [0.25, 0.3) is 0 Å². The van der Waals surface area contributed by atoms with Crippen molar-refractivity contribution in [2.24, 2.45) is 0 Å². The summed E-state index contributed by atoms with van der Waals surface area (Å²) in [6.45, 7) is 0. The van der Waals surface area contributed by atoms with Crippen LogP contribution in [0.2, 0.25) is 0 Å². The summed E-state index contributed by atoms with van der Waals surface area (Å²) in [5.74, 6) is 0. The van der Waals surface area contributed by atoms with E-state index in [4.69, 9.17) is 4.42 Å². The van der Waals surface area contributed by atoms with E-state index in [9.17, 15) is 4.79 Å². The fourth-order valence-electron chi connectivity index (χ4n) is 0.922. The average molecular weight is 184 g/mol. The zero-order chi connectivity index (χ0) is 7.68. The van der Waals surface area contributed by atoms with Crippen molar-refractivity contribution >= 4 is 23.5 Å². The van der Waals surface area contributed by atoms with Gasteiger partial charge in [-0.3, -0.25) is 4.79 Å². The molecule has 2 aromatic heterocycles. The van der Waals surface area contributed by atoms with Crippen LogP contribution in [0.4, 0.5) is 0 Å². The van der Waals surface area contributed by atoms with Gasteiger partial charge >= 0.3 is 0 Å². The molecule has 0 aliphatic heterocycles. The summed E-state index contributed by atoms with van der Waals surface area (Å²) in [4.78, 5) is 15.0. The maximum absolute atomic E-state index is 11.1. The van der Waals surface area contributed by atoms with Crippen molar-refractivity contribution < 1.29 is 4.42 Å². The molecule has 0 aliphatic rings. The lowest BCUT2D eigenvalue weighted by Gasteiger charge is -1.90. The van der Waals surface area contributed by atoms with E-state index in [1.807, 2.05) is 0 Å². The van der Waals surface area contributed by atoms with Gasteiger partial charge in [0.2, 0.25) is 5.71 Å². The molecular formula is C8H6ClNO2. The Labute approximate surface area is 74.5 Å². The lowest BCUT2D eigenvalue weighted by molar-refractivity contribution is 0.589. The number of pyridine rings is 1. The number of aromatic nitrogens is 1. The van der Waals surface area contributed by atoms with Crippen molar-refractivity contribution in [3.05, 3.63) is 40.9 Å². The molecule has 2 heterocycles. The third kappa shape index (κ3) is 1.31. The van der Waals surface area contributed by atoms with Crippen molar-refractivity contribution in [3.8, 4) is 0 Å². The predicted molar refractivity (Wildman–Crippen MR) is 47.5 cm³/mol. The molecule has 2 rings (SSSR count). The summed E-state index contributed by atoms with van der Waals surface area (Å²) < 4.78 is 4.98. The quantitative estimate of drug-likeness (QED) is 0.623. The Balaban J connectivity index is 0.000000720. The minimum Gasteiger partial charge on any atom is -0.446 e. The minimum absolute atomic E-state index is 0. The molecule has 0 aliphatic carbocycles. The summed E-state index contributed by atoms with van der Waals surface area (Å²) in [6.07, 6.45) is 2.93. The van der Waals surface area contributed by atoms with Crippen LogP contribution < -0.4 is 5.43 Å². The van der Waals surface area contributed by atoms with E-state index in [2.05, 4.69) is 4.98 Å². The van der Waals surface area contributed by atoms with Gasteiger partial charge in [-0.2, -0.15) is 0 Å². The lowest BCUT2D eigenvalue weighted by Crippen LogP contribution is -1.97. The van der Waals surface area contributed by atoms with Crippen LogP contribution in [0.25, 0.3) is 11.1 Å². The van der Waals surface area contributed by atoms with Gasteiger partial charge in [-0.05, 0) is 12.1 Å². The molecule has 0 saturated carbocycles. The molecule has 0 unspecified atom stereocenters. The van der Waals surface area contributed by atoms with E-state index in [0.717, 1.165) is 0 Å². The van der Waals surface area contributed by atoms with Gasteiger partial charge in [-0.25, -0.2) is 4.98 Å². The average Bonchev–Trinajstić information content (AvgIpc) is 2.06. The summed E-state index contributed by atoms with van der Waals surface area (Å²) in [5.41, 5.74) is 0.333. The number of hydrogen-bond acceptors (Lipinski definition) is 3. The largest absolute Gasteiger partial charge is 0.446 e. The fraction of sp³-hybridized carbons (Fsp3) is 0. The number of halogens is 1. The monoisotopic (exact) mass is 183 g/mol. The molecule has 0 bridgehead atoms. The molecule has 12 heavy (non-hydrogen) atoms. The van der Waals surface area contributed by atoms with Crippen molar-refractivity contribution in [2.75, 3.05) is 0 Å². The second-order valence-electron chi connectivity index (χ2n) is 2.14. The highest BCUT2D eigenvalue weighted by Crippen LogP contribution is 2.02. The van der Waals surface area contributed by atoms with Crippen LogP contribution in [-0.2, 0) is 0 Å². The molecule has 4 heteroatoms. The Morgan fingerprint density at radius 1 is 1.33 bits per heavy atom. The third-order valence-corrected chi connectivity index (χ3v) is 1.44. The zero-order valence-electron chi connectivity index (χ0n) is 6.06. The van der Waals surface area contributed by atoms with Gasteiger partial charge < -0.3 is 4.42 Å². The van der Waals surface area contributed by atoms with Gasteiger partial charge in [0.1, 0.15) is 0 Å². The van der Waals surface area contributed by atoms with Crippen molar-refractivity contribution in [2.45, 2.75) is 0 Å². The summed E-state index contributed by atoms with van der Waals surface area (Å²) in [7, 11) is 0. The van der Waals surface area contributed by atoms with Gasteiger partial charge in [0.15, 0.2) is 5.43 Å². The van der Waals surface area contributed by atoms with Gasteiger partial charge in [-0.1, -0.05) is 0 Å². The van der Waals surface area contributed by atoms with Crippen LogP contribution >= 0.6 is 12.4 Å². The Bertz CT molecular complexity index is 433. The van der Waals surface area contributed by atoms with Crippen molar-refractivity contribution in [1.29, 1.82) is 0 Å². The smallest absolute Gasteiger partial charge is 0.229 e. The normalized spacial score (nSPS) is 9.33. The number of rotatable bonds is 0. The zero-order valence-corrected chi connectivity index (χ0v) is 6.88. The summed E-state index contributed by atoms with van der Waals surface area (Å²) in [5, 5.41) is 0.523. The number of nitrogens with zero attached hydrogens (tertiary/aromatic N) is 1. The second kappa shape index (κ2) is 3.36. The first-order valence-electron chi connectivity index (χ1n) is 3.20. The van der Waals surface area contributed by atoms with Crippen LogP contribution in [0.5, 0.6) is 0 Å². The molecule has 0 aromatic carbocycles. The molecule has 0 amide bonds. The highest BCUT2D eigenvalue weighted by Gasteiger charge is 1.96. The maximum Gasteiger partial charge on any atom is 0.229 e. The lowest BCUT2D eigenvalue weighted by atomic mass is 10.3. The molecular weight excluding hydrogens is 178 g/mol. The maximum atomic E-state index is 11.1. The van der Waals surface area contributed by atoms with E-state index in [1.54, 1.807) is 18.3 Å². The van der Waals surface area contributed by atoms with Crippen LogP contribution in [0, 0.1) is 0 Å². The van der Waals surface area contributed by atoms with Gasteiger partial charge in [0.05, 0.1) is 11.6 Å². The van der Waals surface area contributed by atoms with Crippen LogP contribution in [0.15, 0.2) is 39.9 Å². The van der Waals surface area contributed by atoms with Crippen molar-refractivity contribution in [3.63, 3.8) is 0 Å². The molecule has 0 spiro atoms. The standard InChI is InChI=1S/C8H5NO2.ClH/c10-7-3-5-11-8-6(7)2-1-4-9-8;/h1-5H;1H. The Hall–Kier alpha value is -1.35. The first-order chi connectivity index (χ1) is 5.38. The van der Waals surface area contributed by atoms with E-state index >= 15 is 0 Å². The Kier molecular flexibility index (Phi) is 2.45. The summed E-state index contributed by atoms with van der Waals surface area (Å²) >= 11 is 0. The molecule has 2 aromatic rings. The Morgan fingerprint density at radius 2 is 2.17 bits per heavy atom. The number of hydrogen-bond donors (Lipinski definition) is 0. The molecule has 0 atom stereocenters. The van der Waals surface area contributed by atoms with E-state index in [0.29, 0.717) is 11.1 Å². The topological polar surface area (TPSA) is 43.1 Å². The van der Waals surface area contributed by atoms with E-state index < -0.39 is 0 Å². The van der Waals surface area contributed by atoms with E-state index in [-0.39, 0.29) is 17.8 Å². The molecule has 0 saturated heterocycles. The Morgan fingerprint density at radius 3 is 2.92 bits per heavy atom. The first-order valence-corrected chi connectivity index (χ1v) is 3.20. The van der Waals surface area contributed by atoms with Crippen molar-refractivity contribution in [1.82, 2.24) is 4.98 Å². The minimum atomic E-state index is -0.0562.